The van der Waals surface area contributed by atoms with Crippen molar-refractivity contribution in [2.75, 3.05) is 46.0 Å². The minimum atomic E-state index is -0.269. The molecule has 2 atom stereocenters. The number of carbonyl (C=O) groups is 1. The average Bonchev–Trinajstić information content (AvgIpc) is 2.37. The number of amides is 1. The normalized spacial score (nSPS) is 30.1. The van der Waals surface area contributed by atoms with Crippen LogP contribution in [0, 0.1) is 0 Å². The summed E-state index contributed by atoms with van der Waals surface area (Å²) in [6, 6.07) is 0. The molecule has 1 amide bonds. The monoisotopic (exact) mass is 244 g/mol. The number of carbonyl (C=O) groups excluding carboxylic acids is 1. The lowest BCUT2D eigenvalue weighted by Crippen LogP contribution is -2.46. The molecule has 2 aliphatic rings. The largest absolute Gasteiger partial charge is 0.447 e. The zero-order chi connectivity index (χ0) is 12.1. The lowest BCUT2D eigenvalue weighted by molar-refractivity contribution is -0.0395. The van der Waals surface area contributed by atoms with E-state index in [-0.39, 0.29) is 18.3 Å². The van der Waals surface area contributed by atoms with Gasteiger partial charge in [0.05, 0.1) is 25.9 Å². The predicted molar refractivity (Wildman–Crippen MR) is 60.9 cm³/mol. The van der Waals surface area contributed by atoms with E-state index >= 15 is 0 Å². The Bertz CT molecular complexity index is 256. The molecule has 2 unspecified atom stereocenters. The van der Waals surface area contributed by atoms with Crippen molar-refractivity contribution in [3.63, 3.8) is 0 Å². The van der Waals surface area contributed by atoms with E-state index in [1.807, 2.05) is 6.92 Å². The smallest absolute Gasteiger partial charge is 0.410 e. The number of nitrogens with one attached hydrogen (secondary N) is 1. The SMILES string of the molecule is CC1CN(C(=O)OCC2CNCCO2)CCO1. The number of morpholine rings is 2. The van der Waals surface area contributed by atoms with Crippen LogP contribution in [0.25, 0.3) is 0 Å². The van der Waals surface area contributed by atoms with Gasteiger partial charge in [-0.15, -0.1) is 0 Å². The summed E-state index contributed by atoms with van der Waals surface area (Å²) >= 11 is 0. The molecule has 6 heteroatoms. The van der Waals surface area contributed by atoms with Crippen LogP contribution in [-0.4, -0.2) is 69.2 Å². The van der Waals surface area contributed by atoms with Gasteiger partial charge >= 0.3 is 6.09 Å². The fraction of sp³-hybridized carbons (Fsp3) is 0.909. The fourth-order valence-corrected chi connectivity index (χ4v) is 1.97. The Morgan fingerprint density at radius 2 is 2.35 bits per heavy atom. The van der Waals surface area contributed by atoms with Crippen LogP contribution in [0.5, 0.6) is 0 Å². The summed E-state index contributed by atoms with van der Waals surface area (Å²) in [4.78, 5) is 13.4. The molecule has 0 aromatic rings. The van der Waals surface area contributed by atoms with E-state index < -0.39 is 0 Å². The zero-order valence-corrected chi connectivity index (χ0v) is 10.2. The number of ether oxygens (including phenoxy) is 3. The maximum atomic E-state index is 11.8. The molecule has 0 aliphatic carbocycles. The second kappa shape index (κ2) is 6.18. The van der Waals surface area contributed by atoms with Crippen LogP contribution in [-0.2, 0) is 14.2 Å². The number of nitrogens with zero attached hydrogens (tertiary/aromatic N) is 1. The molecule has 0 saturated carbocycles. The molecular weight excluding hydrogens is 224 g/mol. The standard InChI is InChI=1S/C11H20N2O4/c1-9-7-13(3-5-15-9)11(14)17-8-10-6-12-2-4-16-10/h9-10,12H,2-8H2,1H3. The van der Waals surface area contributed by atoms with Crippen molar-refractivity contribution in [2.45, 2.75) is 19.1 Å². The van der Waals surface area contributed by atoms with Gasteiger partial charge in [-0.25, -0.2) is 4.79 Å². The third-order valence-corrected chi connectivity index (χ3v) is 2.90. The molecule has 2 heterocycles. The van der Waals surface area contributed by atoms with Crippen molar-refractivity contribution in [3.8, 4) is 0 Å². The van der Waals surface area contributed by atoms with Crippen molar-refractivity contribution in [2.24, 2.45) is 0 Å². The van der Waals surface area contributed by atoms with E-state index in [1.165, 1.54) is 0 Å². The number of hydrogen-bond donors (Lipinski definition) is 1. The first-order chi connectivity index (χ1) is 8.25. The van der Waals surface area contributed by atoms with Gasteiger partial charge < -0.3 is 24.4 Å². The molecule has 2 saturated heterocycles. The van der Waals surface area contributed by atoms with E-state index in [9.17, 15) is 4.79 Å². The first kappa shape index (κ1) is 12.6. The van der Waals surface area contributed by atoms with Gasteiger partial charge in [-0.05, 0) is 6.92 Å². The molecule has 6 nitrogen and oxygen atoms in total. The van der Waals surface area contributed by atoms with Crippen LogP contribution in [0.2, 0.25) is 0 Å². The number of rotatable bonds is 2. The van der Waals surface area contributed by atoms with Crippen molar-refractivity contribution < 1.29 is 19.0 Å². The van der Waals surface area contributed by atoms with Gasteiger partial charge in [-0.1, -0.05) is 0 Å². The van der Waals surface area contributed by atoms with E-state index in [0.29, 0.717) is 32.9 Å². The Kier molecular flexibility index (Phi) is 4.58. The Hall–Kier alpha value is -0.850. The maximum absolute atomic E-state index is 11.8. The molecule has 0 bridgehead atoms. The summed E-state index contributed by atoms with van der Waals surface area (Å²) in [5.74, 6) is 0. The average molecular weight is 244 g/mol. The highest BCUT2D eigenvalue weighted by atomic mass is 16.6. The van der Waals surface area contributed by atoms with Gasteiger partial charge in [0.25, 0.3) is 0 Å². The van der Waals surface area contributed by atoms with Crippen LogP contribution in [0.1, 0.15) is 6.92 Å². The topological polar surface area (TPSA) is 60.0 Å². The van der Waals surface area contributed by atoms with Crippen LogP contribution in [0.4, 0.5) is 4.79 Å². The molecule has 98 valence electrons. The quantitative estimate of drug-likeness (QED) is 0.731. The van der Waals surface area contributed by atoms with Crippen molar-refractivity contribution in [1.29, 1.82) is 0 Å². The number of hydrogen-bond acceptors (Lipinski definition) is 5. The molecule has 1 N–H and O–H groups in total. The highest BCUT2D eigenvalue weighted by Crippen LogP contribution is 2.07. The molecule has 0 radical (unpaired) electrons. The van der Waals surface area contributed by atoms with Crippen LogP contribution in [0.3, 0.4) is 0 Å². The van der Waals surface area contributed by atoms with Crippen LogP contribution < -0.4 is 5.32 Å². The fourth-order valence-electron chi connectivity index (χ4n) is 1.97. The van der Waals surface area contributed by atoms with Crippen LogP contribution >= 0.6 is 0 Å². The van der Waals surface area contributed by atoms with Crippen molar-refractivity contribution in [3.05, 3.63) is 0 Å². The summed E-state index contributed by atoms with van der Waals surface area (Å²) < 4.78 is 16.1. The summed E-state index contributed by atoms with van der Waals surface area (Å²) in [6.07, 6.45) is -0.204. The van der Waals surface area contributed by atoms with Gasteiger partial charge in [0.15, 0.2) is 0 Å². The van der Waals surface area contributed by atoms with Gasteiger partial charge in [0.2, 0.25) is 0 Å². The van der Waals surface area contributed by atoms with Gasteiger partial charge in [0, 0.05) is 19.6 Å². The summed E-state index contributed by atoms with van der Waals surface area (Å²) in [7, 11) is 0. The maximum Gasteiger partial charge on any atom is 0.410 e. The summed E-state index contributed by atoms with van der Waals surface area (Å²) in [6.45, 7) is 6.34. The molecule has 17 heavy (non-hydrogen) atoms. The summed E-state index contributed by atoms with van der Waals surface area (Å²) in [5.41, 5.74) is 0. The third-order valence-electron chi connectivity index (χ3n) is 2.90. The van der Waals surface area contributed by atoms with E-state index in [1.54, 1.807) is 4.90 Å². The van der Waals surface area contributed by atoms with Gasteiger partial charge in [0.1, 0.15) is 12.7 Å². The first-order valence-corrected chi connectivity index (χ1v) is 6.11. The predicted octanol–water partition coefficient (Wildman–Crippen LogP) is -0.168. The Balaban J connectivity index is 1.69. The Labute approximate surface area is 101 Å². The Morgan fingerprint density at radius 1 is 1.47 bits per heavy atom. The van der Waals surface area contributed by atoms with Crippen LogP contribution in [0.15, 0.2) is 0 Å². The second-order valence-electron chi connectivity index (χ2n) is 4.40. The first-order valence-electron chi connectivity index (χ1n) is 6.11. The third kappa shape index (κ3) is 3.83. The van der Waals surface area contributed by atoms with Gasteiger partial charge in [-0.2, -0.15) is 0 Å². The molecular formula is C11H20N2O4. The van der Waals surface area contributed by atoms with E-state index in [4.69, 9.17) is 14.2 Å². The summed E-state index contributed by atoms with van der Waals surface area (Å²) in [5, 5.41) is 3.20. The molecule has 2 fully saturated rings. The lowest BCUT2D eigenvalue weighted by atomic mass is 10.3. The molecule has 2 rings (SSSR count). The zero-order valence-electron chi connectivity index (χ0n) is 10.2. The molecule has 0 aromatic carbocycles. The van der Waals surface area contributed by atoms with Crippen molar-refractivity contribution >= 4 is 6.09 Å². The Morgan fingerprint density at radius 3 is 3.06 bits per heavy atom. The van der Waals surface area contributed by atoms with E-state index in [2.05, 4.69) is 5.32 Å². The minimum Gasteiger partial charge on any atom is -0.447 e. The minimum absolute atomic E-state index is 0.0221. The van der Waals surface area contributed by atoms with E-state index in [0.717, 1.165) is 13.1 Å². The highest BCUT2D eigenvalue weighted by molar-refractivity contribution is 5.67. The molecule has 2 aliphatic heterocycles. The highest BCUT2D eigenvalue weighted by Gasteiger charge is 2.23. The van der Waals surface area contributed by atoms with Crippen molar-refractivity contribution in [1.82, 2.24) is 10.2 Å². The molecule has 0 spiro atoms. The molecule has 0 aromatic heterocycles. The lowest BCUT2D eigenvalue weighted by Gasteiger charge is -2.31. The van der Waals surface area contributed by atoms with Gasteiger partial charge in [-0.3, -0.25) is 0 Å². The second-order valence-corrected chi connectivity index (χ2v) is 4.40.